The number of ketones is 1. The van der Waals surface area contributed by atoms with Crippen molar-refractivity contribution in [3.05, 3.63) is 29.8 Å². The third-order valence-electron chi connectivity index (χ3n) is 4.59. The minimum Gasteiger partial charge on any atom is -0.325 e. The summed E-state index contributed by atoms with van der Waals surface area (Å²) in [5.41, 5.74) is 1.42. The van der Waals surface area contributed by atoms with E-state index in [2.05, 4.69) is 10.6 Å². The number of amides is 1. The number of hydrogen-bond donors (Lipinski definition) is 2. The van der Waals surface area contributed by atoms with Gasteiger partial charge in [-0.3, -0.25) is 9.59 Å². The lowest BCUT2D eigenvalue weighted by atomic mass is 9.93. The molecule has 3 rings (SSSR count). The molecule has 0 aromatic heterocycles. The largest absolute Gasteiger partial charge is 0.325 e. The molecule has 1 saturated carbocycles. The van der Waals surface area contributed by atoms with E-state index >= 15 is 0 Å². The lowest BCUT2D eigenvalue weighted by Gasteiger charge is -2.17. The second kappa shape index (κ2) is 5.37. The van der Waals surface area contributed by atoms with E-state index in [1.165, 1.54) is 19.8 Å². The van der Waals surface area contributed by atoms with Crippen LogP contribution < -0.4 is 10.6 Å². The number of fused-ring (bicyclic) bond motifs is 1. The monoisotopic (exact) mass is 272 g/mol. The Morgan fingerprint density at radius 2 is 1.95 bits per heavy atom. The average molecular weight is 272 g/mol. The molecule has 1 saturated heterocycles. The van der Waals surface area contributed by atoms with Crippen LogP contribution in [0.15, 0.2) is 24.3 Å². The number of carbonyl (C=O) groups excluding carboxylic acids is 2. The van der Waals surface area contributed by atoms with Crippen LogP contribution in [-0.2, 0) is 4.79 Å². The predicted octanol–water partition coefficient (Wildman–Crippen LogP) is 2.22. The number of anilines is 1. The highest BCUT2D eigenvalue weighted by molar-refractivity contribution is 5.97. The molecule has 0 bridgehead atoms. The molecule has 2 fully saturated rings. The van der Waals surface area contributed by atoms with E-state index in [1.807, 2.05) is 0 Å². The van der Waals surface area contributed by atoms with Crippen LogP contribution in [0.5, 0.6) is 0 Å². The van der Waals surface area contributed by atoms with Gasteiger partial charge in [0.15, 0.2) is 5.78 Å². The quantitative estimate of drug-likeness (QED) is 0.829. The summed E-state index contributed by atoms with van der Waals surface area (Å²) in [6.45, 7) is 2.50. The summed E-state index contributed by atoms with van der Waals surface area (Å²) in [4.78, 5) is 23.6. The summed E-state index contributed by atoms with van der Waals surface area (Å²) in [5.74, 6) is 1.25. The van der Waals surface area contributed by atoms with Crippen LogP contribution in [0.3, 0.4) is 0 Å². The molecule has 1 amide bonds. The van der Waals surface area contributed by atoms with Gasteiger partial charge in [-0.05, 0) is 62.4 Å². The zero-order valence-electron chi connectivity index (χ0n) is 11.7. The van der Waals surface area contributed by atoms with Crippen LogP contribution in [0.1, 0.15) is 36.5 Å². The molecule has 20 heavy (non-hydrogen) atoms. The highest BCUT2D eigenvalue weighted by atomic mass is 16.2. The minimum absolute atomic E-state index is 0.0362. The van der Waals surface area contributed by atoms with E-state index in [0.29, 0.717) is 17.4 Å². The third kappa shape index (κ3) is 2.48. The lowest BCUT2D eigenvalue weighted by Crippen LogP contribution is -2.39. The standard InChI is InChI=1S/C16H20N2O2/c1-10(19)11-5-7-13(8-6-11)18-16(20)15-14-4-2-3-12(14)9-17-15/h5-8,12,14-15,17H,2-4,9H2,1H3,(H,18,20). The van der Waals surface area contributed by atoms with Gasteiger partial charge in [-0.15, -0.1) is 0 Å². The summed E-state index contributed by atoms with van der Waals surface area (Å²) in [5, 5.41) is 6.29. The molecule has 2 aliphatic rings. The molecule has 0 radical (unpaired) electrons. The molecule has 4 heteroatoms. The van der Waals surface area contributed by atoms with Crippen LogP contribution in [0, 0.1) is 11.8 Å². The molecule has 1 aromatic carbocycles. The number of benzene rings is 1. The first-order chi connectivity index (χ1) is 9.65. The Bertz CT molecular complexity index is 524. The number of carbonyl (C=O) groups is 2. The van der Waals surface area contributed by atoms with Crippen molar-refractivity contribution in [1.82, 2.24) is 5.32 Å². The molecular formula is C16H20N2O2. The topological polar surface area (TPSA) is 58.2 Å². The van der Waals surface area contributed by atoms with Gasteiger partial charge >= 0.3 is 0 Å². The molecule has 1 aliphatic heterocycles. The molecule has 1 aliphatic carbocycles. The van der Waals surface area contributed by atoms with Crippen molar-refractivity contribution in [1.29, 1.82) is 0 Å². The van der Waals surface area contributed by atoms with E-state index in [4.69, 9.17) is 0 Å². The summed E-state index contributed by atoms with van der Waals surface area (Å²) in [6.07, 6.45) is 3.64. The molecule has 2 N–H and O–H groups in total. The maximum atomic E-state index is 12.3. The zero-order chi connectivity index (χ0) is 14.1. The Labute approximate surface area is 118 Å². The zero-order valence-corrected chi connectivity index (χ0v) is 11.7. The van der Waals surface area contributed by atoms with Gasteiger partial charge in [0.05, 0.1) is 6.04 Å². The van der Waals surface area contributed by atoms with E-state index < -0.39 is 0 Å². The van der Waals surface area contributed by atoms with E-state index in [9.17, 15) is 9.59 Å². The summed E-state index contributed by atoms with van der Waals surface area (Å²) < 4.78 is 0. The van der Waals surface area contributed by atoms with Gasteiger partial charge in [0.1, 0.15) is 0 Å². The molecule has 4 nitrogen and oxygen atoms in total. The van der Waals surface area contributed by atoms with Gasteiger partial charge < -0.3 is 10.6 Å². The molecule has 1 aromatic rings. The Morgan fingerprint density at radius 1 is 1.20 bits per heavy atom. The van der Waals surface area contributed by atoms with E-state index in [1.54, 1.807) is 24.3 Å². The van der Waals surface area contributed by atoms with Gasteiger partial charge in [0.2, 0.25) is 5.91 Å². The Morgan fingerprint density at radius 3 is 2.65 bits per heavy atom. The molecule has 0 spiro atoms. The summed E-state index contributed by atoms with van der Waals surface area (Å²) >= 11 is 0. The molecular weight excluding hydrogens is 252 g/mol. The fraction of sp³-hybridized carbons (Fsp3) is 0.500. The second-order valence-corrected chi connectivity index (χ2v) is 5.86. The first-order valence-electron chi connectivity index (χ1n) is 7.30. The van der Waals surface area contributed by atoms with Gasteiger partial charge in [-0.25, -0.2) is 0 Å². The van der Waals surface area contributed by atoms with Gasteiger partial charge in [0, 0.05) is 11.3 Å². The Balaban J connectivity index is 1.65. The first kappa shape index (κ1) is 13.3. The Kier molecular flexibility index (Phi) is 3.57. The molecule has 3 atom stereocenters. The highest BCUT2D eigenvalue weighted by Crippen LogP contribution is 2.37. The van der Waals surface area contributed by atoms with Crippen LogP contribution in [0.25, 0.3) is 0 Å². The van der Waals surface area contributed by atoms with Crippen molar-refractivity contribution < 1.29 is 9.59 Å². The fourth-order valence-corrected chi connectivity index (χ4v) is 3.48. The molecule has 106 valence electrons. The van der Waals surface area contributed by atoms with Crippen molar-refractivity contribution in [3.63, 3.8) is 0 Å². The Hall–Kier alpha value is -1.68. The average Bonchev–Trinajstić information content (AvgIpc) is 3.01. The summed E-state index contributed by atoms with van der Waals surface area (Å²) in [6, 6.07) is 7.01. The van der Waals surface area contributed by atoms with E-state index in [0.717, 1.165) is 18.7 Å². The number of rotatable bonds is 3. The van der Waals surface area contributed by atoms with E-state index in [-0.39, 0.29) is 17.7 Å². The van der Waals surface area contributed by atoms with Gasteiger partial charge in [0.25, 0.3) is 0 Å². The SMILES string of the molecule is CC(=O)c1ccc(NC(=O)C2NCC3CCCC32)cc1. The van der Waals surface area contributed by atoms with Gasteiger partial charge in [-0.2, -0.15) is 0 Å². The van der Waals surface area contributed by atoms with Crippen molar-refractivity contribution >= 4 is 17.4 Å². The van der Waals surface area contributed by atoms with Crippen molar-refractivity contribution in [2.45, 2.75) is 32.2 Å². The summed E-state index contributed by atoms with van der Waals surface area (Å²) in [7, 11) is 0. The van der Waals surface area contributed by atoms with Crippen LogP contribution in [0.4, 0.5) is 5.69 Å². The van der Waals surface area contributed by atoms with Gasteiger partial charge in [-0.1, -0.05) is 6.42 Å². The molecule has 1 heterocycles. The second-order valence-electron chi connectivity index (χ2n) is 5.86. The smallest absolute Gasteiger partial charge is 0.241 e. The van der Waals surface area contributed by atoms with Crippen LogP contribution in [-0.4, -0.2) is 24.3 Å². The predicted molar refractivity (Wildman–Crippen MR) is 77.7 cm³/mol. The lowest BCUT2D eigenvalue weighted by molar-refractivity contribution is -0.118. The van der Waals surface area contributed by atoms with Crippen molar-refractivity contribution in [2.24, 2.45) is 11.8 Å². The maximum Gasteiger partial charge on any atom is 0.241 e. The maximum absolute atomic E-state index is 12.3. The highest BCUT2D eigenvalue weighted by Gasteiger charge is 2.42. The first-order valence-corrected chi connectivity index (χ1v) is 7.30. The number of hydrogen-bond acceptors (Lipinski definition) is 3. The normalized spacial score (nSPS) is 28.1. The fourth-order valence-electron chi connectivity index (χ4n) is 3.48. The van der Waals surface area contributed by atoms with Crippen molar-refractivity contribution in [2.75, 3.05) is 11.9 Å². The number of nitrogens with one attached hydrogen (secondary N) is 2. The van der Waals surface area contributed by atoms with Crippen molar-refractivity contribution in [3.8, 4) is 0 Å². The minimum atomic E-state index is -0.0602. The third-order valence-corrected chi connectivity index (χ3v) is 4.59. The van der Waals surface area contributed by atoms with Crippen LogP contribution in [0.2, 0.25) is 0 Å². The van der Waals surface area contributed by atoms with Crippen LogP contribution >= 0.6 is 0 Å². The number of Topliss-reactive ketones (excluding diaryl/α,β-unsaturated/α-hetero) is 1. The molecule has 3 unspecified atom stereocenters.